The van der Waals surface area contributed by atoms with Gasteiger partial charge in [-0.15, -0.1) is 11.3 Å². The summed E-state index contributed by atoms with van der Waals surface area (Å²) < 4.78 is 0. The minimum Gasteiger partial charge on any atom is -0.375 e. The van der Waals surface area contributed by atoms with Crippen molar-refractivity contribution in [3.05, 3.63) is 82.4 Å². The molecule has 1 heterocycles. The fraction of sp³-hybridized carbons (Fsp3) is 0.304. The number of aryl methyl sites for hydroxylation is 2. The van der Waals surface area contributed by atoms with Crippen LogP contribution in [0.1, 0.15) is 40.5 Å². The van der Waals surface area contributed by atoms with Gasteiger partial charge < -0.3 is 16.4 Å². The van der Waals surface area contributed by atoms with Crippen molar-refractivity contribution >= 4 is 22.4 Å². The van der Waals surface area contributed by atoms with E-state index in [0.29, 0.717) is 5.13 Å². The molecule has 0 aliphatic carbocycles. The normalized spacial score (nSPS) is 11.0. The maximum Gasteiger partial charge on any atom is 0.188 e. The lowest BCUT2D eigenvalue weighted by Gasteiger charge is -2.26. The van der Waals surface area contributed by atoms with Crippen LogP contribution in [0.2, 0.25) is 0 Å². The van der Waals surface area contributed by atoms with Gasteiger partial charge in [0, 0.05) is 23.9 Å². The Bertz CT molecular complexity index is 868. The Kier molecular flexibility index (Phi) is 7.25. The molecule has 0 spiro atoms. The lowest BCUT2D eigenvalue weighted by Crippen LogP contribution is -2.38. The Morgan fingerprint density at radius 1 is 1.03 bits per heavy atom. The quantitative estimate of drug-likeness (QED) is 0.362. The maximum atomic E-state index is 8.01. The van der Waals surface area contributed by atoms with Crippen LogP contribution < -0.4 is 11.5 Å². The summed E-state index contributed by atoms with van der Waals surface area (Å²) in [6.07, 6.45) is 2.73. The maximum absolute atomic E-state index is 8.01. The van der Waals surface area contributed by atoms with Crippen molar-refractivity contribution in [1.29, 1.82) is 5.41 Å². The number of aromatic nitrogens is 1. The van der Waals surface area contributed by atoms with E-state index in [1.54, 1.807) is 11.3 Å². The van der Waals surface area contributed by atoms with E-state index in [-0.39, 0.29) is 11.9 Å². The van der Waals surface area contributed by atoms with Gasteiger partial charge in [-0.25, -0.2) is 4.98 Å². The number of guanidine groups is 1. The number of nitrogens with one attached hydrogen (secondary N) is 1. The number of thiazole rings is 1. The number of hydrogen-bond acceptors (Lipinski definition) is 4. The number of nitrogen functional groups attached to an aromatic ring is 1. The highest BCUT2D eigenvalue weighted by molar-refractivity contribution is 7.15. The van der Waals surface area contributed by atoms with Gasteiger partial charge in [0.2, 0.25) is 0 Å². The Morgan fingerprint density at radius 3 is 2.10 bits per heavy atom. The topological polar surface area (TPSA) is 92.0 Å². The van der Waals surface area contributed by atoms with Crippen LogP contribution in [0, 0.1) is 12.3 Å². The van der Waals surface area contributed by atoms with Gasteiger partial charge in [0.15, 0.2) is 11.1 Å². The molecule has 1 aromatic heterocycles. The molecule has 2 aromatic carbocycles. The highest BCUT2D eigenvalue weighted by Gasteiger charge is 2.17. The van der Waals surface area contributed by atoms with Crippen LogP contribution in [0.3, 0.4) is 0 Å². The van der Waals surface area contributed by atoms with Gasteiger partial charge in [0.25, 0.3) is 0 Å². The lowest BCUT2D eigenvalue weighted by atomic mass is 9.88. The van der Waals surface area contributed by atoms with Gasteiger partial charge in [-0.2, -0.15) is 0 Å². The van der Waals surface area contributed by atoms with Crippen LogP contribution in [-0.2, 0) is 6.42 Å². The molecule has 3 aromatic rings. The highest BCUT2D eigenvalue weighted by Crippen LogP contribution is 2.28. The molecule has 29 heavy (non-hydrogen) atoms. The largest absolute Gasteiger partial charge is 0.375 e. The molecule has 3 rings (SSSR count). The zero-order valence-electron chi connectivity index (χ0n) is 16.8. The number of hydrogen-bond donors (Lipinski definition) is 3. The van der Waals surface area contributed by atoms with Crippen molar-refractivity contribution in [2.24, 2.45) is 5.73 Å². The van der Waals surface area contributed by atoms with Crippen LogP contribution in [0.25, 0.3) is 0 Å². The van der Waals surface area contributed by atoms with Gasteiger partial charge >= 0.3 is 0 Å². The first-order valence-corrected chi connectivity index (χ1v) is 10.8. The first-order valence-electron chi connectivity index (χ1n) is 9.95. The Balaban J connectivity index is 1.64. The van der Waals surface area contributed by atoms with Crippen LogP contribution in [-0.4, -0.2) is 28.9 Å². The summed E-state index contributed by atoms with van der Waals surface area (Å²) in [4.78, 5) is 7.48. The molecule has 0 aliphatic heterocycles. The molecule has 5 nitrogen and oxygen atoms in total. The molecule has 0 saturated heterocycles. The SMILES string of the molecule is Cc1nc(N)sc1CCCN(CCC(c1ccccc1)c1ccccc1)C(=N)N. The summed E-state index contributed by atoms with van der Waals surface area (Å²) in [5.74, 6) is 0.410. The number of nitrogens with two attached hydrogens (primary N) is 2. The monoisotopic (exact) mass is 407 g/mol. The first kappa shape index (κ1) is 20.9. The third-order valence-electron chi connectivity index (χ3n) is 5.17. The molecule has 5 N–H and O–H groups in total. The minimum atomic E-state index is 0.130. The summed E-state index contributed by atoms with van der Waals surface area (Å²) in [6.45, 7) is 3.49. The average molecular weight is 408 g/mol. The van der Waals surface area contributed by atoms with Gasteiger partial charge in [-0.05, 0) is 37.3 Å². The molecule has 0 saturated carbocycles. The molecule has 0 bridgehead atoms. The second-order valence-electron chi connectivity index (χ2n) is 7.20. The van der Waals surface area contributed by atoms with Crippen molar-refractivity contribution in [3.63, 3.8) is 0 Å². The van der Waals surface area contributed by atoms with Crippen molar-refractivity contribution < 1.29 is 0 Å². The van der Waals surface area contributed by atoms with Crippen LogP contribution in [0.4, 0.5) is 5.13 Å². The van der Waals surface area contributed by atoms with Gasteiger partial charge in [0.05, 0.1) is 5.69 Å². The Labute approximate surface area is 176 Å². The van der Waals surface area contributed by atoms with Crippen molar-refractivity contribution in [1.82, 2.24) is 9.88 Å². The van der Waals surface area contributed by atoms with E-state index in [1.165, 1.54) is 16.0 Å². The zero-order chi connectivity index (χ0) is 20.6. The highest BCUT2D eigenvalue weighted by atomic mass is 32.1. The summed E-state index contributed by atoms with van der Waals surface area (Å²) >= 11 is 1.55. The number of anilines is 1. The van der Waals surface area contributed by atoms with E-state index in [0.717, 1.165) is 38.0 Å². The zero-order valence-corrected chi connectivity index (χ0v) is 17.7. The minimum absolute atomic E-state index is 0.130. The Hall–Kier alpha value is -2.86. The molecule has 0 amide bonds. The van der Waals surface area contributed by atoms with Crippen LogP contribution in [0.5, 0.6) is 0 Å². The first-order chi connectivity index (χ1) is 14.0. The number of rotatable bonds is 9. The lowest BCUT2D eigenvalue weighted by molar-refractivity contribution is 0.387. The fourth-order valence-electron chi connectivity index (χ4n) is 3.65. The molecule has 0 aliphatic rings. The van der Waals surface area contributed by atoms with E-state index < -0.39 is 0 Å². The van der Waals surface area contributed by atoms with E-state index in [4.69, 9.17) is 16.9 Å². The second-order valence-corrected chi connectivity index (χ2v) is 8.31. The van der Waals surface area contributed by atoms with Crippen LogP contribution in [0.15, 0.2) is 60.7 Å². The number of nitrogens with zero attached hydrogens (tertiary/aromatic N) is 2. The molecule has 0 atom stereocenters. The van der Waals surface area contributed by atoms with Gasteiger partial charge in [-0.3, -0.25) is 5.41 Å². The van der Waals surface area contributed by atoms with Crippen molar-refractivity contribution in [2.75, 3.05) is 18.8 Å². The standard InChI is InChI=1S/C23H29N5S/c1-17-21(29-23(26)27-17)13-8-15-28(22(24)25)16-14-20(18-9-4-2-5-10-18)19-11-6-3-7-12-19/h2-7,9-12,20H,8,13-16H2,1H3,(H3,24,25)(H2,26,27). The summed E-state index contributed by atoms with van der Waals surface area (Å²) in [6, 6.07) is 21.1. The molecular formula is C23H29N5S. The van der Waals surface area contributed by atoms with Gasteiger partial charge in [0.1, 0.15) is 0 Å². The van der Waals surface area contributed by atoms with E-state index >= 15 is 0 Å². The van der Waals surface area contributed by atoms with Crippen molar-refractivity contribution in [3.8, 4) is 0 Å². The molecule has 152 valence electrons. The molecule has 0 unspecified atom stereocenters. The molecule has 0 fully saturated rings. The molecule has 0 radical (unpaired) electrons. The van der Waals surface area contributed by atoms with E-state index in [2.05, 4.69) is 53.5 Å². The Morgan fingerprint density at radius 2 is 1.62 bits per heavy atom. The molecule has 6 heteroatoms. The third-order valence-corrected chi connectivity index (χ3v) is 6.22. The predicted molar refractivity (Wildman–Crippen MR) is 122 cm³/mol. The number of benzene rings is 2. The predicted octanol–water partition coefficient (Wildman–Crippen LogP) is 4.38. The third kappa shape index (κ3) is 5.81. The fourth-order valence-corrected chi connectivity index (χ4v) is 4.52. The average Bonchev–Trinajstić information content (AvgIpc) is 3.05. The van der Waals surface area contributed by atoms with Crippen LogP contribution >= 0.6 is 11.3 Å². The van der Waals surface area contributed by atoms with E-state index in [9.17, 15) is 0 Å². The summed E-state index contributed by atoms with van der Waals surface area (Å²) in [7, 11) is 0. The van der Waals surface area contributed by atoms with Crippen molar-refractivity contribution in [2.45, 2.75) is 32.1 Å². The van der Waals surface area contributed by atoms with E-state index in [1.807, 2.05) is 24.0 Å². The molecular weight excluding hydrogens is 378 g/mol. The van der Waals surface area contributed by atoms with Gasteiger partial charge in [-0.1, -0.05) is 60.7 Å². The second kappa shape index (κ2) is 10.1. The summed E-state index contributed by atoms with van der Waals surface area (Å²) in [5.41, 5.74) is 15.3. The smallest absolute Gasteiger partial charge is 0.188 e. The summed E-state index contributed by atoms with van der Waals surface area (Å²) in [5, 5.41) is 8.63.